The molecule has 0 aromatic rings. The van der Waals surface area contributed by atoms with Gasteiger partial charge in [0.1, 0.15) is 0 Å². The van der Waals surface area contributed by atoms with Crippen LogP contribution in [0.3, 0.4) is 0 Å². The predicted molar refractivity (Wildman–Crippen MR) is 54.2 cm³/mol. The molecule has 0 saturated carbocycles. The summed E-state index contributed by atoms with van der Waals surface area (Å²) in [6.45, 7) is 6.14. The van der Waals surface area contributed by atoms with E-state index in [1.807, 2.05) is 19.9 Å². The number of hydrogen-bond donors (Lipinski definition) is 0. The van der Waals surface area contributed by atoms with Crippen molar-refractivity contribution in [1.29, 1.82) is 0 Å². The minimum absolute atomic E-state index is 0.136. The van der Waals surface area contributed by atoms with Crippen molar-refractivity contribution in [2.75, 3.05) is 0 Å². The summed E-state index contributed by atoms with van der Waals surface area (Å²) in [4.78, 5) is 11.0. The molecule has 0 N–H and O–H groups in total. The molecular formula is C11H20O2. The van der Waals surface area contributed by atoms with Crippen molar-refractivity contribution in [1.82, 2.24) is 0 Å². The summed E-state index contributed by atoms with van der Waals surface area (Å²) in [5.41, 5.74) is 0. The lowest BCUT2D eigenvalue weighted by Gasteiger charge is -2.01. The number of esters is 1. The summed E-state index contributed by atoms with van der Waals surface area (Å²) in [5.74, 6) is 0.235. The molecule has 0 amide bonds. The Morgan fingerprint density at radius 1 is 1.46 bits per heavy atom. The van der Waals surface area contributed by atoms with Gasteiger partial charge in [0.05, 0.1) is 6.26 Å². The maximum Gasteiger partial charge on any atom is 0.310 e. The first-order chi connectivity index (χ1) is 6.16. The molecular weight excluding hydrogens is 164 g/mol. The lowest BCUT2D eigenvalue weighted by Crippen LogP contribution is -2.03. The third kappa shape index (κ3) is 9.12. The van der Waals surface area contributed by atoms with E-state index in [9.17, 15) is 4.79 Å². The smallest absolute Gasteiger partial charge is 0.310 e. The Labute approximate surface area is 81.0 Å². The number of unbranched alkanes of at least 4 members (excludes halogenated alkanes) is 2. The molecule has 0 spiro atoms. The number of hydrogen-bond acceptors (Lipinski definition) is 2. The van der Waals surface area contributed by atoms with E-state index >= 15 is 0 Å². The molecule has 13 heavy (non-hydrogen) atoms. The molecule has 2 heteroatoms. The van der Waals surface area contributed by atoms with E-state index in [4.69, 9.17) is 4.74 Å². The van der Waals surface area contributed by atoms with Gasteiger partial charge in [-0.3, -0.25) is 4.79 Å². The third-order valence-corrected chi connectivity index (χ3v) is 1.59. The zero-order chi connectivity index (χ0) is 10.1. The summed E-state index contributed by atoms with van der Waals surface area (Å²) in [6, 6.07) is 0. The maximum absolute atomic E-state index is 11.0. The van der Waals surface area contributed by atoms with E-state index in [2.05, 4.69) is 6.92 Å². The minimum atomic E-state index is -0.136. The number of ether oxygens (including phenoxy) is 1. The maximum atomic E-state index is 11.0. The van der Waals surface area contributed by atoms with E-state index in [-0.39, 0.29) is 5.97 Å². The number of carbonyl (C=O) groups excluding carboxylic acids is 1. The van der Waals surface area contributed by atoms with Gasteiger partial charge in [0, 0.05) is 6.42 Å². The second kappa shape index (κ2) is 7.84. The van der Waals surface area contributed by atoms with Crippen LogP contribution in [0.15, 0.2) is 12.3 Å². The van der Waals surface area contributed by atoms with Gasteiger partial charge in [-0.1, -0.05) is 27.2 Å². The first kappa shape index (κ1) is 12.2. The van der Waals surface area contributed by atoms with Crippen LogP contribution < -0.4 is 0 Å². The highest BCUT2D eigenvalue weighted by molar-refractivity contribution is 5.70. The fourth-order valence-corrected chi connectivity index (χ4v) is 0.895. The Hall–Kier alpha value is -0.790. The molecule has 0 aliphatic carbocycles. The van der Waals surface area contributed by atoms with Gasteiger partial charge in [0.15, 0.2) is 0 Å². The minimum Gasteiger partial charge on any atom is -0.435 e. The number of allylic oxidation sites excluding steroid dienone is 1. The molecule has 0 bridgehead atoms. The van der Waals surface area contributed by atoms with Crippen LogP contribution in [0.1, 0.15) is 46.5 Å². The highest BCUT2D eigenvalue weighted by Crippen LogP contribution is 2.01. The largest absolute Gasteiger partial charge is 0.435 e. The average molecular weight is 184 g/mol. The Bertz CT molecular complexity index is 159. The molecule has 0 saturated heterocycles. The van der Waals surface area contributed by atoms with Gasteiger partial charge in [0.2, 0.25) is 0 Å². The van der Waals surface area contributed by atoms with Gasteiger partial charge in [-0.15, -0.1) is 0 Å². The van der Waals surface area contributed by atoms with E-state index < -0.39 is 0 Å². The van der Waals surface area contributed by atoms with E-state index in [0.717, 1.165) is 12.8 Å². The van der Waals surface area contributed by atoms with E-state index in [1.165, 1.54) is 12.7 Å². The number of rotatable bonds is 6. The topological polar surface area (TPSA) is 26.3 Å². The molecule has 0 unspecified atom stereocenters. The average Bonchev–Trinajstić information content (AvgIpc) is 2.02. The van der Waals surface area contributed by atoms with Crippen LogP contribution in [0.25, 0.3) is 0 Å². The van der Waals surface area contributed by atoms with Gasteiger partial charge in [-0.05, 0) is 24.8 Å². The summed E-state index contributed by atoms with van der Waals surface area (Å²) in [7, 11) is 0. The van der Waals surface area contributed by atoms with Crippen LogP contribution >= 0.6 is 0 Å². The molecule has 0 aliphatic rings. The van der Waals surface area contributed by atoms with Crippen molar-refractivity contribution in [3.8, 4) is 0 Å². The van der Waals surface area contributed by atoms with Crippen LogP contribution in [0, 0.1) is 5.92 Å². The van der Waals surface area contributed by atoms with Gasteiger partial charge >= 0.3 is 5.97 Å². The van der Waals surface area contributed by atoms with Crippen LogP contribution in [0.5, 0.6) is 0 Å². The highest BCUT2D eigenvalue weighted by atomic mass is 16.5. The van der Waals surface area contributed by atoms with Crippen molar-refractivity contribution in [3.63, 3.8) is 0 Å². The Kier molecular flexibility index (Phi) is 7.36. The Morgan fingerprint density at radius 3 is 2.69 bits per heavy atom. The second-order valence-corrected chi connectivity index (χ2v) is 3.60. The van der Waals surface area contributed by atoms with Crippen LogP contribution in [0.4, 0.5) is 0 Å². The molecule has 76 valence electrons. The summed E-state index contributed by atoms with van der Waals surface area (Å²) in [5, 5.41) is 0. The standard InChI is InChI=1S/C11H20O2/c1-4-5-6-7-8-13-11(12)9-10(2)3/h7-8,10H,4-6,9H2,1-3H3. The van der Waals surface area contributed by atoms with Crippen molar-refractivity contribution in [2.45, 2.75) is 46.5 Å². The molecule has 2 nitrogen and oxygen atoms in total. The first-order valence-corrected chi connectivity index (χ1v) is 5.01. The summed E-state index contributed by atoms with van der Waals surface area (Å²) >= 11 is 0. The first-order valence-electron chi connectivity index (χ1n) is 5.01. The lowest BCUT2D eigenvalue weighted by atomic mass is 10.1. The fraction of sp³-hybridized carbons (Fsp3) is 0.727. The van der Waals surface area contributed by atoms with Gasteiger partial charge < -0.3 is 4.74 Å². The van der Waals surface area contributed by atoms with Crippen molar-refractivity contribution in [2.24, 2.45) is 5.92 Å². The zero-order valence-electron chi connectivity index (χ0n) is 8.88. The van der Waals surface area contributed by atoms with Crippen molar-refractivity contribution >= 4 is 5.97 Å². The van der Waals surface area contributed by atoms with Crippen LogP contribution in [-0.4, -0.2) is 5.97 Å². The van der Waals surface area contributed by atoms with Gasteiger partial charge in [0.25, 0.3) is 0 Å². The molecule has 0 aromatic heterocycles. The molecule has 0 heterocycles. The molecule has 0 rings (SSSR count). The quantitative estimate of drug-likeness (QED) is 0.360. The van der Waals surface area contributed by atoms with Gasteiger partial charge in [-0.25, -0.2) is 0 Å². The van der Waals surface area contributed by atoms with Crippen LogP contribution in [-0.2, 0) is 9.53 Å². The van der Waals surface area contributed by atoms with E-state index in [0.29, 0.717) is 12.3 Å². The molecule has 0 aliphatic heterocycles. The highest BCUT2D eigenvalue weighted by Gasteiger charge is 2.03. The van der Waals surface area contributed by atoms with Crippen molar-refractivity contribution in [3.05, 3.63) is 12.3 Å². The van der Waals surface area contributed by atoms with Crippen molar-refractivity contribution < 1.29 is 9.53 Å². The Morgan fingerprint density at radius 2 is 2.15 bits per heavy atom. The monoisotopic (exact) mass is 184 g/mol. The summed E-state index contributed by atoms with van der Waals surface area (Å²) in [6.07, 6.45) is 7.23. The van der Waals surface area contributed by atoms with Crippen LogP contribution in [0.2, 0.25) is 0 Å². The predicted octanol–water partition coefficient (Wildman–Crippen LogP) is 3.28. The van der Waals surface area contributed by atoms with Gasteiger partial charge in [-0.2, -0.15) is 0 Å². The number of carbonyl (C=O) groups is 1. The molecule has 0 fully saturated rings. The summed E-state index contributed by atoms with van der Waals surface area (Å²) < 4.78 is 4.88. The fourth-order valence-electron chi connectivity index (χ4n) is 0.895. The SMILES string of the molecule is CCCCC=COC(=O)CC(C)C. The Balaban J connectivity index is 3.40. The molecule has 0 aromatic carbocycles. The van der Waals surface area contributed by atoms with E-state index in [1.54, 1.807) is 0 Å². The molecule has 0 radical (unpaired) electrons. The normalized spacial score (nSPS) is 11.1. The third-order valence-electron chi connectivity index (χ3n) is 1.59. The second-order valence-electron chi connectivity index (χ2n) is 3.60. The lowest BCUT2D eigenvalue weighted by molar-refractivity contribution is -0.138. The zero-order valence-corrected chi connectivity index (χ0v) is 8.88. The molecule has 0 atom stereocenters.